The van der Waals surface area contributed by atoms with E-state index in [-0.39, 0.29) is 36.5 Å². The zero-order valence-corrected chi connectivity index (χ0v) is 16.9. The average Bonchev–Trinajstić information content (AvgIpc) is 2.91. The number of anilines is 1. The number of benzene rings is 2. The summed E-state index contributed by atoms with van der Waals surface area (Å²) in [5, 5.41) is 0. The third kappa shape index (κ3) is 3.92. The maximum absolute atomic E-state index is 13.2. The zero-order valence-electron chi connectivity index (χ0n) is 16.9. The summed E-state index contributed by atoms with van der Waals surface area (Å²) in [7, 11) is 0. The van der Waals surface area contributed by atoms with E-state index in [1.165, 1.54) is 17.0 Å². The molecular weight excluding hydrogens is 385 g/mol. The number of rotatable bonds is 4. The Labute approximate surface area is 174 Å². The third-order valence-corrected chi connectivity index (χ3v) is 5.72. The van der Waals surface area contributed by atoms with Gasteiger partial charge < -0.3 is 9.80 Å². The fourth-order valence-corrected chi connectivity index (χ4v) is 4.05. The van der Waals surface area contributed by atoms with E-state index < -0.39 is 0 Å². The zero-order chi connectivity index (χ0) is 21.3. The Morgan fingerprint density at radius 1 is 0.933 bits per heavy atom. The first kappa shape index (κ1) is 20.1. The van der Waals surface area contributed by atoms with Crippen LogP contribution in [-0.2, 0) is 4.79 Å². The van der Waals surface area contributed by atoms with E-state index in [9.17, 15) is 18.8 Å². The molecule has 2 aromatic carbocycles. The fraction of sp³-hybridized carbons (Fsp3) is 0.348. The number of imide groups is 1. The van der Waals surface area contributed by atoms with E-state index in [0.29, 0.717) is 30.8 Å². The van der Waals surface area contributed by atoms with Gasteiger partial charge in [0.2, 0.25) is 5.91 Å². The molecule has 1 fully saturated rings. The third-order valence-electron chi connectivity index (χ3n) is 5.72. The minimum absolute atomic E-state index is 0.0660. The number of nitrogens with zero attached hydrogens (tertiary/aromatic N) is 3. The van der Waals surface area contributed by atoms with Gasteiger partial charge in [-0.2, -0.15) is 0 Å². The lowest BCUT2D eigenvalue weighted by Crippen LogP contribution is -2.38. The number of hydrogen-bond donors (Lipinski definition) is 0. The molecule has 0 saturated carbocycles. The Hall–Kier alpha value is -3.22. The first-order valence-corrected chi connectivity index (χ1v) is 10.2. The van der Waals surface area contributed by atoms with Crippen molar-refractivity contribution in [2.45, 2.75) is 19.8 Å². The molecule has 7 heteroatoms. The van der Waals surface area contributed by atoms with Crippen LogP contribution in [0.1, 0.15) is 39.1 Å². The van der Waals surface area contributed by atoms with Gasteiger partial charge in [0.1, 0.15) is 5.82 Å². The minimum Gasteiger partial charge on any atom is -0.370 e. The highest BCUT2D eigenvalue weighted by Crippen LogP contribution is 2.24. The molecule has 0 atom stereocenters. The number of carbonyl (C=O) groups is 3. The molecule has 3 amide bonds. The number of amides is 3. The van der Waals surface area contributed by atoms with Gasteiger partial charge in [0.25, 0.3) is 11.8 Å². The molecule has 0 N–H and O–H groups in total. The predicted molar refractivity (Wildman–Crippen MR) is 111 cm³/mol. The lowest BCUT2D eigenvalue weighted by Gasteiger charge is -2.24. The van der Waals surface area contributed by atoms with Crippen LogP contribution in [0.2, 0.25) is 0 Å². The van der Waals surface area contributed by atoms with Crippen LogP contribution < -0.4 is 4.90 Å². The van der Waals surface area contributed by atoms with Crippen molar-refractivity contribution in [1.82, 2.24) is 9.80 Å². The summed E-state index contributed by atoms with van der Waals surface area (Å²) in [5.74, 6) is -0.997. The van der Waals surface area contributed by atoms with Crippen molar-refractivity contribution in [3.05, 3.63) is 65.0 Å². The second-order valence-corrected chi connectivity index (χ2v) is 7.76. The predicted octanol–water partition coefficient (Wildman–Crippen LogP) is 2.86. The van der Waals surface area contributed by atoms with E-state index in [0.717, 1.165) is 24.2 Å². The molecule has 30 heavy (non-hydrogen) atoms. The molecule has 0 aliphatic carbocycles. The Balaban J connectivity index is 1.34. The molecule has 0 unspecified atom stereocenters. The Morgan fingerprint density at radius 2 is 1.67 bits per heavy atom. The van der Waals surface area contributed by atoms with Crippen molar-refractivity contribution in [3.63, 3.8) is 0 Å². The van der Waals surface area contributed by atoms with E-state index in [2.05, 4.69) is 4.90 Å². The molecule has 1 saturated heterocycles. The molecule has 2 aliphatic heterocycles. The van der Waals surface area contributed by atoms with Crippen molar-refractivity contribution < 1.29 is 18.8 Å². The molecule has 6 nitrogen and oxygen atoms in total. The van der Waals surface area contributed by atoms with E-state index in [4.69, 9.17) is 0 Å². The topological polar surface area (TPSA) is 60.9 Å². The number of hydrogen-bond acceptors (Lipinski definition) is 4. The smallest absolute Gasteiger partial charge is 0.261 e. The first-order chi connectivity index (χ1) is 14.4. The van der Waals surface area contributed by atoms with Gasteiger partial charge in [-0.3, -0.25) is 19.3 Å². The molecule has 0 radical (unpaired) electrons. The van der Waals surface area contributed by atoms with E-state index in [1.807, 2.05) is 13.0 Å². The van der Waals surface area contributed by atoms with Crippen molar-refractivity contribution in [2.75, 3.05) is 37.6 Å². The van der Waals surface area contributed by atoms with E-state index in [1.54, 1.807) is 29.2 Å². The summed E-state index contributed by atoms with van der Waals surface area (Å²) in [4.78, 5) is 42.9. The summed E-state index contributed by atoms with van der Waals surface area (Å²) in [6.45, 7) is 4.58. The van der Waals surface area contributed by atoms with Crippen molar-refractivity contribution in [1.29, 1.82) is 0 Å². The lowest BCUT2D eigenvalue weighted by molar-refractivity contribution is -0.131. The maximum Gasteiger partial charge on any atom is 0.261 e. The molecule has 4 rings (SSSR count). The van der Waals surface area contributed by atoms with Crippen LogP contribution in [0.5, 0.6) is 0 Å². The molecular formula is C23H24FN3O3. The van der Waals surface area contributed by atoms with Crippen LogP contribution in [0, 0.1) is 12.7 Å². The van der Waals surface area contributed by atoms with Gasteiger partial charge in [0, 0.05) is 44.8 Å². The average molecular weight is 409 g/mol. The van der Waals surface area contributed by atoms with Crippen LogP contribution in [-0.4, -0.2) is 60.2 Å². The number of carbonyl (C=O) groups excluding carboxylic acids is 3. The van der Waals surface area contributed by atoms with Crippen LogP contribution in [0.25, 0.3) is 0 Å². The molecule has 0 spiro atoms. The highest BCUT2D eigenvalue weighted by molar-refractivity contribution is 6.21. The second kappa shape index (κ2) is 8.26. The Morgan fingerprint density at radius 3 is 2.43 bits per heavy atom. The fourth-order valence-electron chi connectivity index (χ4n) is 4.05. The highest BCUT2D eigenvalue weighted by atomic mass is 19.1. The monoisotopic (exact) mass is 409 g/mol. The summed E-state index contributed by atoms with van der Waals surface area (Å²) in [6, 6.07) is 11.6. The minimum atomic E-state index is -0.332. The maximum atomic E-state index is 13.2. The van der Waals surface area contributed by atoms with Crippen LogP contribution in [0.15, 0.2) is 42.5 Å². The Bertz CT molecular complexity index is 990. The van der Waals surface area contributed by atoms with Crippen LogP contribution in [0.3, 0.4) is 0 Å². The van der Waals surface area contributed by atoms with Gasteiger partial charge in [0.05, 0.1) is 11.1 Å². The normalized spacial score (nSPS) is 16.7. The SMILES string of the molecule is Cc1ccc2c(c1)C(=O)N(CCC(=O)N1CCCN(c3ccc(F)cc3)CC1)C2=O. The van der Waals surface area contributed by atoms with Gasteiger partial charge in [0.15, 0.2) is 0 Å². The van der Waals surface area contributed by atoms with Gasteiger partial charge in [-0.1, -0.05) is 11.6 Å². The summed E-state index contributed by atoms with van der Waals surface area (Å²) in [6.07, 6.45) is 0.913. The number of aryl methyl sites for hydroxylation is 1. The standard InChI is InChI=1S/C23H24FN3O3/c1-16-3-8-19-20(15-16)23(30)27(22(19)29)12-9-21(28)26-11-2-10-25(13-14-26)18-6-4-17(24)5-7-18/h3-8,15H,2,9-14H2,1H3. The van der Waals surface area contributed by atoms with Crippen molar-refractivity contribution >= 4 is 23.4 Å². The number of halogens is 1. The molecule has 2 heterocycles. The van der Waals surface area contributed by atoms with Gasteiger partial charge in [-0.15, -0.1) is 0 Å². The number of fused-ring (bicyclic) bond motifs is 1. The summed E-state index contributed by atoms with van der Waals surface area (Å²) in [5.41, 5.74) is 2.68. The molecule has 2 aromatic rings. The van der Waals surface area contributed by atoms with E-state index >= 15 is 0 Å². The highest BCUT2D eigenvalue weighted by Gasteiger charge is 2.35. The second-order valence-electron chi connectivity index (χ2n) is 7.76. The van der Waals surface area contributed by atoms with Gasteiger partial charge in [-0.05, 0) is 49.7 Å². The van der Waals surface area contributed by atoms with Crippen molar-refractivity contribution in [3.8, 4) is 0 Å². The molecule has 0 bridgehead atoms. The lowest BCUT2D eigenvalue weighted by atomic mass is 10.1. The molecule has 0 aromatic heterocycles. The summed E-state index contributed by atoms with van der Waals surface area (Å²) < 4.78 is 13.2. The largest absolute Gasteiger partial charge is 0.370 e. The molecule has 2 aliphatic rings. The van der Waals surface area contributed by atoms with Gasteiger partial charge in [-0.25, -0.2) is 4.39 Å². The van der Waals surface area contributed by atoms with Crippen LogP contribution in [0.4, 0.5) is 10.1 Å². The van der Waals surface area contributed by atoms with Gasteiger partial charge >= 0.3 is 0 Å². The Kier molecular flexibility index (Phi) is 5.53. The summed E-state index contributed by atoms with van der Waals surface area (Å²) >= 11 is 0. The van der Waals surface area contributed by atoms with Crippen LogP contribution >= 0.6 is 0 Å². The quantitative estimate of drug-likeness (QED) is 0.729. The first-order valence-electron chi connectivity index (χ1n) is 10.2. The molecule has 156 valence electrons. The van der Waals surface area contributed by atoms with Crippen molar-refractivity contribution in [2.24, 2.45) is 0 Å².